The maximum Gasteiger partial charge on any atom is 0.240 e. The highest BCUT2D eigenvalue weighted by Crippen LogP contribution is 2.30. The average Bonchev–Trinajstić information content (AvgIpc) is 3.21. The lowest BCUT2D eigenvalue weighted by Gasteiger charge is -2.26. The molecule has 2 heterocycles. The Bertz CT molecular complexity index is 814. The Morgan fingerprint density at radius 1 is 1.38 bits per heavy atom. The molecule has 0 fully saturated rings. The molecule has 3 rings (SSSR count). The zero-order valence-electron chi connectivity index (χ0n) is 15.8. The van der Waals surface area contributed by atoms with Crippen LogP contribution < -0.4 is 10.2 Å². The lowest BCUT2D eigenvalue weighted by molar-refractivity contribution is -0.121. The van der Waals surface area contributed by atoms with Crippen molar-refractivity contribution in [3.63, 3.8) is 0 Å². The molecule has 26 heavy (non-hydrogen) atoms. The molecule has 1 aliphatic carbocycles. The number of anilines is 1. The van der Waals surface area contributed by atoms with Crippen LogP contribution in [0.25, 0.3) is 11.5 Å². The van der Waals surface area contributed by atoms with Crippen molar-refractivity contribution in [3.05, 3.63) is 23.8 Å². The summed E-state index contributed by atoms with van der Waals surface area (Å²) in [4.78, 5) is 27.9. The van der Waals surface area contributed by atoms with Crippen LogP contribution in [0.5, 0.6) is 0 Å². The number of aryl methyl sites for hydroxylation is 2. The van der Waals surface area contributed by atoms with Crippen LogP contribution in [0.4, 0.5) is 5.82 Å². The SMILES string of the molecule is CN(CC(=O)NC(C)(C)CO)c1nc(-c2cn(C)cn2)nc2c1CCC2. The van der Waals surface area contributed by atoms with Crippen LogP contribution in [0.1, 0.15) is 31.5 Å². The number of carbonyl (C=O) groups is 1. The van der Waals surface area contributed by atoms with Gasteiger partial charge < -0.3 is 19.9 Å². The Morgan fingerprint density at radius 3 is 2.81 bits per heavy atom. The van der Waals surface area contributed by atoms with Crippen molar-refractivity contribution in [1.82, 2.24) is 24.8 Å². The van der Waals surface area contributed by atoms with E-state index in [1.165, 1.54) is 0 Å². The van der Waals surface area contributed by atoms with Crippen molar-refractivity contribution in [3.8, 4) is 11.5 Å². The first-order valence-electron chi connectivity index (χ1n) is 8.80. The number of likely N-dealkylation sites (N-methyl/N-ethyl adjacent to an activating group) is 1. The van der Waals surface area contributed by atoms with Crippen LogP contribution in [-0.4, -0.2) is 56.3 Å². The van der Waals surface area contributed by atoms with Gasteiger partial charge in [0, 0.05) is 31.5 Å². The summed E-state index contributed by atoms with van der Waals surface area (Å²) in [7, 11) is 3.76. The van der Waals surface area contributed by atoms with E-state index in [-0.39, 0.29) is 19.1 Å². The summed E-state index contributed by atoms with van der Waals surface area (Å²) in [6, 6.07) is 0. The molecule has 2 aromatic rings. The normalized spacial score (nSPS) is 13.6. The number of hydrogen-bond acceptors (Lipinski definition) is 6. The van der Waals surface area contributed by atoms with Gasteiger partial charge in [0.1, 0.15) is 11.5 Å². The Hall–Kier alpha value is -2.48. The predicted molar refractivity (Wildman–Crippen MR) is 98.8 cm³/mol. The molecule has 0 unspecified atom stereocenters. The van der Waals surface area contributed by atoms with Crippen molar-refractivity contribution in [2.45, 2.75) is 38.6 Å². The Labute approximate surface area is 153 Å². The predicted octanol–water partition coefficient (Wildman–Crippen LogP) is 0.689. The molecular formula is C18H26N6O2. The van der Waals surface area contributed by atoms with Gasteiger partial charge in [0.25, 0.3) is 0 Å². The highest BCUT2D eigenvalue weighted by Gasteiger charge is 2.25. The number of rotatable bonds is 6. The largest absolute Gasteiger partial charge is 0.394 e. The third kappa shape index (κ3) is 3.85. The highest BCUT2D eigenvalue weighted by atomic mass is 16.3. The summed E-state index contributed by atoms with van der Waals surface area (Å²) in [6.45, 7) is 3.61. The minimum absolute atomic E-state index is 0.116. The molecule has 0 atom stereocenters. The smallest absolute Gasteiger partial charge is 0.240 e. The fourth-order valence-corrected chi connectivity index (χ4v) is 3.12. The standard InChI is InChI=1S/C18H26N6O2/c1-18(2,10-25)22-15(26)9-24(4)17-12-6-5-7-13(12)20-16(21-17)14-8-23(3)11-19-14/h8,11,25H,5-7,9-10H2,1-4H3,(H,22,26). The monoisotopic (exact) mass is 358 g/mol. The number of aliphatic hydroxyl groups excluding tert-OH is 1. The second kappa shape index (κ2) is 7.03. The maximum atomic E-state index is 12.3. The second-order valence-corrected chi connectivity index (χ2v) is 7.52. The van der Waals surface area contributed by atoms with Gasteiger partial charge in [-0.25, -0.2) is 15.0 Å². The highest BCUT2D eigenvalue weighted by molar-refractivity contribution is 5.82. The first-order valence-corrected chi connectivity index (χ1v) is 8.80. The molecule has 140 valence electrons. The molecule has 0 aromatic carbocycles. The third-order valence-corrected chi connectivity index (χ3v) is 4.46. The fourth-order valence-electron chi connectivity index (χ4n) is 3.12. The van der Waals surface area contributed by atoms with Gasteiger partial charge in [0.05, 0.1) is 25.0 Å². The minimum Gasteiger partial charge on any atom is -0.394 e. The molecule has 0 saturated heterocycles. The lowest BCUT2D eigenvalue weighted by Crippen LogP contribution is -2.49. The van der Waals surface area contributed by atoms with Gasteiger partial charge in [-0.2, -0.15) is 0 Å². The number of amides is 1. The summed E-state index contributed by atoms with van der Waals surface area (Å²) >= 11 is 0. The fraction of sp³-hybridized carbons (Fsp3) is 0.556. The summed E-state index contributed by atoms with van der Waals surface area (Å²) in [5.74, 6) is 1.21. The van der Waals surface area contributed by atoms with Crippen LogP contribution >= 0.6 is 0 Å². The first kappa shape index (κ1) is 18.3. The number of fused-ring (bicyclic) bond motifs is 1. The third-order valence-electron chi connectivity index (χ3n) is 4.46. The first-order chi connectivity index (χ1) is 12.3. The van der Waals surface area contributed by atoms with Crippen molar-refractivity contribution >= 4 is 11.7 Å². The molecule has 2 aromatic heterocycles. The van der Waals surface area contributed by atoms with Crippen molar-refractivity contribution in [2.75, 3.05) is 25.1 Å². The number of aromatic nitrogens is 4. The van der Waals surface area contributed by atoms with E-state index in [2.05, 4.69) is 15.3 Å². The number of carbonyl (C=O) groups excluding carboxylic acids is 1. The van der Waals surface area contributed by atoms with Gasteiger partial charge in [-0.05, 0) is 33.1 Å². The molecule has 0 bridgehead atoms. The molecule has 8 heteroatoms. The van der Waals surface area contributed by atoms with E-state index in [1.54, 1.807) is 20.2 Å². The molecule has 0 saturated carbocycles. The summed E-state index contributed by atoms with van der Waals surface area (Å²) < 4.78 is 1.86. The van der Waals surface area contributed by atoms with E-state index in [1.807, 2.05) is 29.8 Å². The Morgan fingerprint density at radius 2 is 2.15 bits per heavy atom. The van der Waals surface area contributed by atoms with E-state index in [0.717, 1.165) is 42.0 Å². The molecule has 1 amide bonds. The van der Waals surface area contributed by atoms with Gasteiger partial charge in [0.15, 0.2) is 5.82 Å². The number of nitrogens with zero attached hydrogens (tertiary/aromatic N) is 5. The van der Waals surface area contributed by atoms with Crippen LogP contribution in [0.2, 0.25) is 0 Å². The van der Waals surface area contributed by atoms with Crippen LogP contribution in [0.15, 0.2) is 12.5 Å². The number of nitrogens with one attached hydrogen (secondary N) is 1. The molecule has 0 spiro atoms. The van der Waals surface area contributed by atoms with E-state index in [4.69, 9.17) is 4.98 Å². The van der Waals surface area contributed by atoms with E-state index in [0.29, 0.717) is 5.82 Å². The molecule has 1 aliphatic rings. The van der Waals surface area contributed by atoms with Gasteiger partial charge in [-0.1, -0.05) is 0 Å². The quantitative estimate of drug-likeness (QED) is 0.789. The summed E-state index contributed by atoms with van der Waals surface area (Å²) in [6.07, 6.45) is 6.49. The van der Waals surface area contributed by atoms with Crippen molar-refractivity contribution < 1.29 is 9.90 Å². The van der Waals surface area contributed by atoms with Crippen LogP contribution in [-0.2, 0) is 24.7 Å². The van der Waals surface area contributed by atoms with E-state index >= 15 is 0 Å². The van der Waals surface area contributed by atoms with Gasteiger partial charge in [-0.3, -0.25) is 4.79 Å². The topological polar surface area (TPSA) is 96.2 Å². The van der Waals surface area contributed by atoms with Gasteiger partial charge in [-0.15, -0.1) is 0 Å². The summed E-state index contributed by atoms with van der Waals surface area (Å²) in [5.41, 5.74) is 2.23. The maximum absolute atomic E-state index is 12.3. The molecular weight excluding hydrogens is 332 g/mol. The molecule has 8 nitrogen and oxygen atoms in total. The Balaban J connectivity index is 1.86. The van der Waals surface area contributed by atoms with Crippen molar-refractivity contribution in [1.29, 1.82) is 0 Å². The summed E-state index contributed by atoms with van der Waals surface area (Å²) in [5, 5.41) is 12.2. The van der Waals surface area contributed by atoms with Crippen LogP contribution in [0.3, 0.4) is 0 Å². The van der Waals surface area contributed by atoms with Gasteiger partial charge in [0.2, 0.25) is 5.91 Å². The zero-order chi connectivity index (χ0) is 18.9. The molecule has 2 N–H and O–H groups in total. The number of imidazole rings is 1. The Kier molecular flexibility index (Phi) is 4.95. The lowest BCUT2D eigenvalue weighted by atomic mass is 10.1. The zero-order valence-corrected chi connectivity index (χ0v) is 15.8. The molecule has 0 radical (unpaired) electrons. The van der Waals surface area contributed by atoms with Gasteiger partial charge >= 0.3 is 0 Å². The average molecular weight is 358 g/mol. The van der Waals surface area contributed by atoms with E-state index in [9.17, 15) is 9.90 Å². The number of aliphatic hydroxyl groups is 1. The van der Waals surface area contributed by atoms with Crippen molar-refractivity contribution in [2.24, 2.45) is 7.05 Å². The minimum atomic E-state index is -0.648. The van der Waals surface area contributed by atoms with Crippen LogP contribution in [0, 0.1) is 0 Å². The molecule has 0 aliphatic heterocycles. The second-order valence-electron chi connectivity index (χ2n) is 7.52. The van der Waals surface area contributed by atoms with E-state index < -0.39 is 5.54 Å². The number of hydrogen-bond donors (Lipinski definition) is 2.